The number of nitro groups is 1. The van der Waals surface area contributed by atoms with Crippen LogP contribution in [0.1, 0.15) is 21.6 Å². The summed E-state index contributed by atoms with van der Waals surface area (Å²) in [5.41, 5.74) is 1.23. The van der Waals surface area contributed by atoms with Crippen molar-refractivity contribution in [3.05, 3.63) is 74.4 Å². The molecule has 1 aliphatic heterocycles. The van der Waals surface area contributed by atoms with Gasteiger partial charge in [-0.3, -0.25) is 24.3 Å². The predicted octanol–water partition coefficient (Wildman–Crippen LogP) is 4.34. The Morgan fingerprint density at radius 3 is 2.39 bits per heavy atom. The highest BCUT2D eigenvalue weighted by atomic mass is 35.5. The van der Waals surface area contributed by atoms with E-state index in [0.717, 1.165) is 0 Å². The third kappa shape index (κ3) is 3.63. The van der Waals surface area contributed by atoms with Crippen molar-refractivity contribution in [2.75, 3.05) is 6.54 Å². The number of carbonyl (C=O) groups excluding carboxylic acids is 2. The Morgan fingerprint density at radius 2 is 1.77 bits per heavy atom. The molecule has 0 aliphatic carbocycles. The second-order valence-corrected chi connectivity index (χ2v) is 7.44. The minimum Gasteiger partial charge on any atom is -0.329 e. The number of non-ortho nitro benzene ring substituents is 1. The Labute approximate surface area is 177 Å². The van der Waals surface area contributed by atoms with Crippen LogP contribution < -0.4 is 0 Å². The first kappa shape index (κ1) is 20.9. The minimum atomic E-state index is -5.03. The van der Waals surface area contributed by atoms with E-state index in [1.54, 1.807) is 18.2 Å². The summed E-state index contributed by atoms with van der Waals surface area (Å²) in [6.45, 7) is -0.554. The quantitative estimate of drug-likeness (QED) is 0.428. The lowest BCUT2D eigenvalue weighted by molar-refractivity contribution is -0.384. The molecule has 0 unspecified atom stereocenters. The van der Waals surface area contributed by atoms with E-state index in [-0.39, 0.29) is 29.9 Å². The number of fused-ring (bicyclic) bond motifs is 3. The van der Waals surface area contributed by atoms with E-state index in [1.165, 1.54) is 28.8 Å². The second kappa shape index (κ2) is 7.38. The van der Waals surface area contributed by atoms with Crippen molar-refractivity contribution in [3.63, 3.8) is 0 Å². The van der Waals surface area contributed by atoms with Crippen molar-refractivity contribution in [1.29, 1.82) is 0 Å². The molecule has 2 aromatic carbocycles. The van der Waals surface area contributed by atoms with E-state index in [4.69, 9.17) is 11.6 Å². The molecule has 11 heteroatoms. The predicted molar refractivity (Wildman–Crippen MR) is 105 cm³/mol. The summed E-state index contributed by atoms with van der Waals surface area (Å²) in [5, 5.41) is 11.9. The lowest BCUT2D eigenvalue weighted by Crippen LogP contribution is -2.44. The molecule has 1 aliphatic rings. The third-order valence-electron chi connectivity index (χ3n) is 5.17. The van der Waals surface area contributed by atoms with Gasteiger partial charge in [-0.2, -0.15) is 13.2 Å². The number of alkyl halides is 3. The number of nitro benzene ring substituents is 1. The van der Waals surface area contributed by atoms with Crippen molar-refractivity contribution >= 4 is 40.0 Å². The van der Waals surface area contributed by atoms with Crippen LogP contribution >= 0.6 is 11.6 Å². The fourth-order valence-corrected chi connectivity index (χ4v) is 3.94. The number of aromatic nitrogens is 1. The first-order valence-electron chi connectivity index (χ1n) is 9.05. The smallest absolute Gasteiger partial charge is 0.329 e. The van der Waals surface area contributed by atoms with Gasteiger partial charge >= 0.3 is 12.1 Å². The summed E-state index contributed by atoms with van der Waals surface area (Å²) in [4.78, 5) is 36.0. The number of hydrogen-bond donors (Lipinski definition) is 0. The van der Waals surface area contributed by atoms with Crippen molar-refractivity contribution in [1.82, 2.24) is 9.47 Å². The van der Waals surface area contributed by atoms with Gasteiger partial charge in [0, 0.05) is 40.3 Å². The summed E-state index contributed by atoms with van der Waals surface area (Å²) in [6, 6.07) is 9.63. The minimum absolute atomic E-state index is 0.111. The number of benzene rings is 2. The normalized spacial score (nSPS) is 13.9. The van der Waals surface area contributed by atoms with Gasteiger partial charge in [-0.25, -0.2) is 0 Å². The zero-order chi connectivity index (χ0) is 22.5. The van der Waals surface area contributed by atoms with E-state index in [1.807, 2.05) is 0 Å². The van der Waals surface area contributed by atoms with Crippen LogP contribution in [-0.2, 0) is 17.8 Å². The molecular weight excluding hydrogens is 439 g/mol. The molecule has 0 bridgehead atoms. The Morgan fingerprint density at radius 1 is 1.10 bits per heavy atom. The van der Waals surface area contributed by atoms with Crippen LogP contribution in [0.15, 0.2) is 42.5 Å². The van der Waals surface area contributed by atoms with Gasteiger partial charge in [-0.05, 0) is 42.3 Å². The van der Waals surface area contributed by atoms with Crippen LogP contribution in [-0.4, -0.2) is 38.9 Å². The van der Waals surface area contributed by atoms with Gasteiger partial charge in [-0.15, -0.1) is 0 Å². The Bertz CT molecular complexity index is 1240. The molecule has 0 radical (unpaired) electrons. The molecule has 0 fully saturated rings. The van der Waals surface area contributed by atoms with Crippen molar-refractivity contribution in [3.8, 4) is 0 Å². The van der Waals surface area contributed by atoms with Crippen LogP contribution in [0.4, 0.5) is 18.9 Å². The van der Waals surface area contributed by atoms with Crippen LogP contribution in [0.5, 0.6) is 0 Å². The van der Waals surface area contributed by atoms with E-state index >= 15 is 0 Å². The fourth-order valence-electron chi connectivity index (χ4n) is 3.77. The van der Waals surface area contributed by atoms with Gasteiger partial charge < -0.3 is 4.90 Å². The average Bonchev–Trinajstić information content (AvgIpc) is 3.04. The number of nitrogens with zero attached hydrogens (tertiary/aromatic N) is 3. The molecule has 0 saturated heterocycles. The van der Waals surface area contributed by atoms with Gasteiger partial charge in [0.25, 0.3) is 11.6 Å². The Hall–Kier alpha value is -3.40. The summed E-state index contributed by atoms with van der Waals surface area (Å²) < 4.78 is 40.1. The highest BCUT2D eigenvalue weighted by molar-refractivity contribution is 6.31. The molecule has 31 heavy (non-hydrogen) atoms. The van der Waals surface area contributed by atoms with Gasteiger partial charge in [0.2, 0.25) is 0 Å². The average molecular weight is 452 g/mol. The summed E-state index contributed by atoms with van der Waals surface area (Å²) >= 11 is 6.08. The molecule has 1 aromatic heterocycles. The van der Waals surface area contributed by atoms with Crippen LogP contribution in [0, 0.1) is 10.1 Å². The SMILES string of the molecule is O=C(c1ccc([N+](=O)[O-])cc1)n1c2c(c3cc(Cl)ccc31)CCN(C(=O)C(F)(F)F)C2. The van der Waals surface area contributed by atoms with Crippen molar-refractivity contribution < 1.29 is 27.7 Å². The summed E-state index contributed by atoms with van der Waals surface area (Å²) in [7, 11) is 0. The number of carbonyl (C=O) groups is 2. The zero-order valence-electron chi connectivity index (χ0n) is 15.6. The van der Waals surface area contributed by atoms with Gasteiger partial charge in [0.1, 0.15) is 0 Å². The van der Waals surface area contributed by atoms with Crippen molar-refractivity contribution in [2.24, 2.45) is 0 Å². The summed E-state index contributed by atoms with van der Waals surface area (Å²) in [5.74, 6) is -2.56. The molecule has 1 amide bonds. The maximum absolute atomic E-state index is 13.3. The number of hydrogen-bond acceptors (Lipinski definition) is 4. The third-order valence-corrected chi connectivity index (χ3v) is 5.41. The van der Waals surface area contributed by atoms with E-state index in [9.17, 15) is 32.9 Å². The molecule has 4 rings (SSSR count). The number of rotatable bonds is 2. The maximum atomic E-state index is 13.3. The zero-order valence-corrected chi connectivity index (χ0v) is 16.4. The molecule has 160 valence electrons. The molecule has 0 N–H and O–H groups in total. The monoisotopic (exact) mass is 451 g/mol. The lowest BCUT2D eigenvalue weighted by Gasteiger charge is -2.28. The van der Waals surface area contributed by atoms with E-state index in [2.05, 4.69) is 0 Å². The number of halogens is 4. The van der Waals surface area contributed by atoms with Crippen LogP contribution in [0.2, 0.25) is 5.02 Å². The first-order chi connectivity index (χ1) is 14.6. The highest BCUT2D eigenvalue weighted by Gasteiger charge is 2.44. The molecule has 0 atom stereocenters. The fraction of sp³-hybridized carbons (Fsp3) is 0.200. The molecule has 0 spiro atoms. The van der Waals surface area contributed by atoms with E-state index in [0.29, 0.717) is 26.4 Å². The summed E-state index contributed by atoms with van der Waals surface area (Å²) in [6.07, 6.45) is -4.91. The van der Waals surface area contributed by atoms with Crippen LogP contribution in [0.25, 0.3) is 10.9 Å². The van der Waals surface area contributed by atoms with Gasteiger partial charge in [0.05, 0.1) is 17.0 Å². The maximum Gasteiger partial charge on any atom is 0.471 e. The standard InChI is InChI=1S/C20H13ClF3N3O4/c21-12-3-6-16-15(9-12)14-7-8-25(19(29)20(22,23)24)10-17(14)26(16)18(28)11-1-4-13(5-2-11)27(30)31/h1-6,9H,7-8,10H2. The molecular formula is C20H13ClF3N3O4. The Balaban J connectivity index is 1.84. The first-order valence-corrected chi connectivity index (χ1v) is 9.42. The largest absolute Gasteiger partial charge is 0.471 e. The number of amides is 1. The van der Waals surface area contributed by atoms with Crippen LogP contribution in [0.3, 0.4) is 0 Å². The Kier molecular flexibility index (Phi) is 4.97. The molecule has 2 heterocycles. The topological polar surface area (TPSA) is 85.4 Å². The second-order valence-electron chi connectivity index (χ2n) is 7.01. The molecule has 3 aromatic rings. The van der Waals surface area contributed by atoms with Crippen molar-refractivity contribution in [2.45, 2.75) is 19.1 Å². The van der Waals surface area contributed by atoms with E-state index < -0.39 is 29.5 Å². The van der Waals surface area contributed by atoms with Gasteiger partial charge in [0.15, 0.2) is 0 Å². The molecule has 0 saturated carbocycles. The highest BCUT2D eigenvalue weighted by Crippen LogP contribution is 2.34. The molecule has 7 nitrogen and oxygen atoms in total. The lowest BCUT2D eigenvalue weighted by atomic mass is 10.0. The van der Waals surface area contributed by atoms with Gasteiger partial charge in [-0.1, -0.05) is 11.6 Å².